The van der Waals surface area contributed by atoms with Crippen molar-refractivity contribution in [3.8, 4) is 0 Å². The molecule has 3 N–H and O–H groups in total. The van der Waals surface area contributed by atoms with Crippen molar-refractivity contribution < 1.29 is 18.0 Å². The quantitative estimate of drug-likeness (QED) is 0.496. The SMILES string of the molecule is CCCCNC(=O)NNC(=O)C1CCCN1S(=O)(=O)c1ccc(Cl)cc1. The molecule has 3 amide bonds. The van der Waals surface area contributed by atoms with E-state index in [1.165, 1.54) is 24.3 Å². The lowest BCUT2D eigenvalue weighted by atomic mass is 10.2. The molecule has 1 aromatic rings. The van der Waals surface area contributed by atoms with Gasteiger partial charge in [-0.05, 0) is 43.5 Å². The Balaban J connectivity index is 1.99. The van der Waals surface area contributed by atoms with Crippen molar-refractivity contribution in [2.24, 2.45) is 0 Å². The van der Waals surface area contributed by atoms with Crippen LogP contribution in [0.15, 0.2) is 29.2 Å². The largest absolute Gasteiger partial charge is 0.337 e. The molecule has 1 aromatic carbocycles. The third-order valence-electron chi connectivity index (χ3n) is 4.04. The van der Waals surface area contributed by atoms with Gasteiger partial charge in [0.15, 0.2) is 0 Å². The Morgan fingerprint density at radius 2 is 1.92 bits per heavy atom. The highest BCUT2D eigenvalue weighted by Gasteiger charge is 2.39. The van der Waals surface area contributed by atoms with Gasteiger partial charge < -0.3 is 5.32 Å². The van der Waals surface area contributed by atoms with Gasteiger partial charge in [-0.2, -0.15) is 4.31 Å². The summed E-state index contributed by atoms with van der Waals surface area (Å²) in [5.41, 5.74) is 4.53. The molecule has 0 saturated carbocycles. The van der Waals surface area contributed by atoms with Crippen LogP contribution in [0.5, 0.6) is 0 Å². The molecule has 0 aliphatic carbocycles. The fraction of sp³-hybridized carbons (Fsp3) is 0.500. The molecule has 0 radical (unpaired) electrons. The van der Waals surface area contributed by atoms with Crippen LogP contribution in [-0.2, 0) is 14.8 Å². The van der Waals surface area contributed by atoms with E-state index < -0.39 is 28.0 Å². The predicted molar refractivity (Wildman–Crippen MR) is 98.0 cm³/mol. The molecular weight excluding hydrogens is 380 g/mol. The van der Waals surface area contributed by atoms with Crippen LogP contribution in [0.4, 0.5) is 4.79 Å². The second-order valence-electron chi connectivity index (χ2n) is 5.95. The molecule has 0 spiro atoms. The minimum absolute atomic E-state index is 0.0758. The number of benzene rings is 1. The number of nitrogens with one attached hydrogen (secondary N) is 3. The zero-order valence-electron chi connectivity index (χ0n) is 14.5. The number of unbranched alkanes of at least 4 members (excludes halogenated alkanes) is 1. The van der Waals surface area contributed by atoms with E-state index in [1.807, 2.05) is 6.92 Å². The molecular formula is C16H23ClN4O4S. The summed E-state index contributed by atoms with van der Waals surface area (Å²) in [5, 5.41) is 3.02. The van der Waals surface area contributed by atoms with Gasteiger partial charge >= 0.3 is 6.03 Å². The second-order valence-corrected chi connectivity index (χ2v) is 8.28. The van der Waals surface area contributed by atoms with Gasteiger partial charge in [-0.15, -0.1) is 0 Å². The number of carbonyl (C=O) groups excluding carboxylic acids is 2. The number of hydrogen-bond acceptors (Lipinski definition) is 4. The van der Waals surface area contributed by atoms with Crippen molar-refractivity contribution >= 4 is 33.6 Å². The van der Waals surface area contributed by atoms with Gasteiger partial charge in [0.25, 0.3) is 5.91 Å². The van der Waals surface area contributed by atoms with Crippen LogP contribution in [0.2, 0.25) is 5.02 Å². The summed E-state index contributed by atoms with van der Waals surface area (Å²) in [7, 11) is -3.82. The van der Waals surface area contributed by atoms with Gasteiger partial charge in [0, 0.05) is 18.1 Å². The van der Waals surface area contributed by atoms with Crippen molar-refractivity contribution in [1.82, 2.24) is 20.5 Å². The Hall–Kier alpha value is -1.84. The van der Waals surface area contributed by atoms with E-state index in [0.717, 1.165) is 17.1 Å². The zero-order chi connectivity index (χ0) is 19.2. The first kappa shape index (κ1) is 20.5. The van der Waals surface area contributed by atoms with Crippen LogP contribution < -0.4 is 16.2 Å². The first-order valence-electron chi connectivity index (χ1n) is 8.47. The highest BCUT2D eigenvalue weighted by atomic mass is 35.5. The summed E-state index contributed by atoms with van der Waals surface area (Å²) >= 11 is 5.80. The summed E-state index contributed by atoms with van der Waals surface area (Å²) in [5.74, 6) is -0.564. The fourth-order valence-electron chi connectivity index (χ4n) is 2.66. The molecule has 1 saturated heterocycles. The number of hydrogen-bond donors (Lipinski definition) is 3. The summed E-state index contributed by atoms with van der Waals surface area (Å²) in [6.07, 6.45) is 2.72. The third kappa shape index (κ3) is 5.09. The molecule has 8 nitrogen and oxygen atoms in total. The van der Waals surface area contributed by atoms with Crippen LogP contribution in [0.25, 0.3) is 0 Å². The Morgan fingerprint density at radius 1 is 1.23 bits per heavy atom. The minimum Gasteiger partial charge on any atom is -0.337 e. The van der Waals surface area contributed by atoms with Crippen LogP contribution in [0.1, 0.15) is 32.6 Å². The number of carbonyl (C=O) groups is 2. The first-order chi connectivity index (χ1) is 12.4. The Kier molecular flexibility index (Phi) is 7.24. The molecule has 1 aliphatic rings. The second kappa shape index (κ2) is 9.20. The van der Waals surface area contributed by atoms with Crippen LogP contribution >= 0.6 is 11.6 Å². The Morgan fingerprint density at radius 3 is 2.58 bits per heavy atom. The zero-order valence-corrected chi connectivity index (χ0v) is 16.1. The normalized spacial score (nSPS) is 17.7. The molecule has 1 fully saturated rings. The van der Waals surface area contributed by atoms with Gasteiger partial charge in [-0.1, -0.05) is 24.9 Å². The van der Waals surface area contributed by atoms with Crippen LogP contribution in [0, 0.1) is 0 Å². The molecule has 1 unspecified atom stereocenters. The third-order valence-corrected chi connectivity index (χ3v) is 6.22. The van der Waals surface area contributed by atoms with Crippen molar-refractivity contribution in [2.75, 3.05) is 13.1 Å². The Bertz CT molecular complexity index is 739. The Labute approximate surface area is 158 Å². The summed E-state index contributed by atoms with van der Waals surface area (Å²) in [4.78, 5) is 24.0. The van der Waals surface area contributed by atoms with Gasteiger partial charge in [-0.3, -0.25) is 10.2 Å². The topological polar surface area (TPSA) is 108 Å². The van der Waals surface area contributed by atoms with E-state index in [4.69, 9.17) is 11.6 Å². The lowest BCUT2D eigenvalue weighted by molar-refractivity contribution is -0.124. The number of halogens is 1. The van der Waals surface area contributed by atoms with Gasteiger partial charge in [-0.25, -0.2) is 18.6 Å². The number of hydrazine groups is 1. The summed E-state index contributed by atoms with van der Waals surface area (Å²) < 4.78 is 26.7. The monoisotopic (exact) mass is 402 g/mol. The number of nitrogens with zero attached hydrogens (tertiary/aromatic N) is 1. The van der Waals surface area contributed by atoms with Gasteiger partial charge in [0.1, 0.15) is 6.04 Å². The molecule has 1 heterocycles. The molecule has 1 aliphatic heterocycles. The number of amides is 3. The number of sulfonamides is 1. The molecule has 10 heteroatoms. The van der Waals surface area contributed by atoms with Gasteiger partial charge in [0.2, 0.25) is 10.0 Å². The van der Waals surface area contributed by atoms with Gasteiger partial charge in [0.05, 0.1) is 4.90 Å². The lowest BCUT2D eigenvalue weighted by Crippen LogP contribution is -2.53. The minimum atomic E-state index is -3.82. The van der Waals surface area contributed by atoms with Crippen LogP contribution in [0.3, 0.4) is 0 Å². The van der Waals surface area contributed by atoms with E-state index >= 15 is 0 Å². The smallest absolute Gasteiger partial charge is 0.333 e. The van der Waals surface area contributed by atoms with E-state index in [2.05, 4.69) is 16.2 Å². The first-order valence-corrected chi connectivity index (χ1v) is 10.3. The molecule has 0 bridgehead atoms. The summed E-state index contributed by atoms with van der Waals surface area (Å²) in [6, 6.07) is 4.39. The van der Waals surface area contributed by atoms with E-state index in [1.54, 1.807) is 0 Å². The molecule has 26 heavy (non-hydrogen) atoms. The van der Waals surface area contributed by atoms with Crippen molar-refractivity contribution in [3.05, 3.63) is 29.3 Å². The van der Waals surface area contributed by atoms with E-state index in [-0.39, 0.29) is 11.4 Å². The average molecular weight is 403 g/mol. The fourth-order valence-corrected chi connectivity index (χ4v) is 4.44. The van der Waals surface area contributed by atoms with Crippen molar-refractivity contribution in [3.63, 3.8) is 0 Å². The van der Waals surface area contributed by atoms with Crippen LogP contribution in [-0.4, -0.2) is 43.8 Å². The standard InChI is InChI=1S/C16H23ClN4O4S/c1-2-3-10-18-16(23)20-19-15(22)14-5-4-11-21(14)26(24,25)13-8-6-12(17)7-9-13/h6-9,14H,2-5,10-11H2,1H3,(H,19,22)(H2,18,20,23). The van der Waals surface area contributed by atoms with Crippen molar-refractivity contribution in [2.45, 2.75) is 43.5 Å². The van der Waals surface area contributed by atoms with E-state index in [9.17, 15) is 18.0 Å². The molecule has 2 rings (SSSR count). The maximum absolute atomic E-state index is 12.8. The summed E-state index contributed by atoms with van der Waals surface area (Å²) in [6.45, 7) is 2.74. The average Bonchev–Trinajstić information content (AvgIpc) is 3.11. The van der Waals surface area contributed by atoms with E-state index in [0.29, 0.717) is 24.4 Å². The maximum atomic E-state index is 12.8. The highest BCUT2D eigenvalue weighted by molar-refractivity contribution is 7.89. The number of urea groups is 1. The molecule has 1 atom stereocenters. The highest BCUT2D eigenvalue weighted by Crippen LogP contribution is 2.26. The predicted octanol–water partition coefficient (Wildman–Crippen LogP) is 1.62. The lowest BCUT2D eigenvalue weighted by Gasteiger charge is -2.23. The van der Waals surface area contributed by atoms with Crippen molar-refractivity contribution in [1.29, 1.82) is 0 Å². The number of rotatable bonds is 6. The molecule has 144 valence electrons. The maximum Gasteiger partial charge on any atom is 0.333 e. The molecule has 0 aromatic heterocycles.